The number of imidazole rings is 1. The Morgan fingerprint density at radius 3 is 2.84 bits per heavy atom. The predicted octanol–water partition coefficient (Wildman–Crippen LogP) is 3.15. The minimum atomic E-state index is -0.522. The highest BCUT2D eigenvalue weighted by atomic mass is 16.5. The summed E-state index contributed by atoms with van der Waals surface area (Å²) < 4.78 is 4.80. The van der Waals surface area contributed by atoms with Gasteiger partial charge >= 0.3 is 12.0 Å². The molecule has 1 aromatic heterocycles. The normalized spacial score (nSPS) is 10.5. The number of rotatable bonds is 8. The van der Waals surface area contributed by atoms with Crippen LogP contribution in [0, 0.1) is 0 Å². The summed E-state index contributed by atoms with van der Waals surface area (Å²) in [6.07, 6.45) is 3.30. The van der Waals surface area contributed by atoms with E-state index in [1.54, 1.807) is 6.92 Å². The van der Waals surface area contributed by atoms with Crippen molar-refractivity contribution >= 4 is 29.0 Å². The van der Waals surface area contributed by atoms with Crippen molar-refractivity contribution in [3.8, 4) is 0 Å². The molecular weight excluding hydrogens is 320 g/mol. The number of esters is 1. The van der Waals surface area contributed by atoms with E-state index in [1.165, 1.54) is 5.56 Å². The maximum absolute atomic E-state index is 11.9. The maximum Gasteiger partial charge on any atom is 0.335 e. The van der Waals surface area contributed by atoms with Gasteiger partial charge in [0.1, 0.15) is 0 Å². The van der Waals surface area contributed by atoms with E-state index in [9.17, 15) is 9.59 Å². The van der Waals surface area contributed by atoms with Gasteiger partial charge in [-0.25, -0.2) is 14.6 Å². The molecule has 2 amide bonds. The monoisotopic (exact) mass is 344 g/mol. The number of unbranched alkanes of at least 4 members (excludes halogenated alkanes) is 1. The second-order valence-electron chi connectivity index (χ2n) is 5.67. The lowest BCUT2D eigenvalue weighted by Crippen LogP contribution is -2.32. The molecule has 0 fully saturated rings. The summed E-state index contributed by atoms with van der Waals surface area (Å²) >= 11 is 0. The number of hydrogen-bond acceptors (Lipinski definition) is 4. The molecule has 0 atom stereocenters. The number of anilines is 1. The van der Waals surface area contributed by atoms with Crippen LogP contribution in [0.15, 0.2) is 30.4 Å². The molecule has 7 nitrogen and oxygen atoms in total. The van der Waals surface area contributed by atoms with E-state index >= 15 is 0 Å². The van der Waals surface area contributed by atoms with Crippen LogP contribution in [-0.2, 0) is 16.0 Å². The average molecular weight is 344 g/mol. The zero-order valence-electron chi connectivity index (χ0n) is 14.6. The van der Waals surface area contributed by atoms with Crippen molar-refractivity contribution in [3.05, 3.63) is 35.9 Å². The van der Waals surface area contributed by atoms with Gasteiger partial charge in [-0.15, -0.1) is 0 Å². The smallest absolute Gasteiger partial charge is 0.335 e. The fourth-order valence-electron chi connectivity index (χ4n) is 2.30. The molecule has 0 aliphatic heterocycles. The van der Waals surface area contributed by atoms with Crippen LogP contribution in [-0.4, -0.2) is 35.1 Å². The second kappa shape index (κ2) is 8.86. The van der Waals surface area contributed by atoms with Crippen LogP contribution in [0.5, 0.6) is 0 Å². The van der Waals surface area contributed by atoms with Gasteiger partial charge in [-0.05, 0) is 37.5 Å². The van der Waals surface area contributed by atoms with Crippen LogP contribution in [0.3, 0.4) is 0 Å². The van der Waals surface area contributed by atoms with Gasteiger partial charge in [0.15, 0.2) is 0 Å². The molecule has 0 saturated carbocycles. The van der Waals surface area contributed by atoms with Gasteiger partial charge in [0.25, 0.3) is 0 Å². The van der Waals surface area contributed by atoms with Gasteiger partial charge in [0.2, 0.25) is 5.95 Å². The third-order valence-corrected chi connectivity index (χ3v) is 3.62. The molecule has 134 valence electrons. The van der Waals surface area contributed by atoms with Crippen molar-refractivity contribution in [1.82, 2.24) is 15.3 Å². The summed E-state index contributed by atoms with van der Waals surface area (Å²) in [6, 6.07) is 5.55. The zero-order valence-corrected chi connectivity index (χ0v) is 14.6. The zero-order chi connectivity index (χ0) is 18.2. The fourth-order valence-corrected chi connectivity index (χ4v) is 2.30. The average Bonchev–Trinajstić information content (AvgIpc) is 2.99. The molecule has 2 aromatic rings. The number of benzene rings is 1. The number of nitrogens with one attached hydrogen (secondary N) is 3. The first-order valence-electron chi connectivity index (χ1n) is 8.41. The Hall–Kier alpha value is -2.83. The first kappa shape index (κ1) is 18.5. The Kier molecular flexibility index (Phi) is 6.56. The van der Waals surface area contributed by atoms with Crippen LogP contribution in [0.1, 0.15) is 32.3 Å². The van der Waals surface area contributed by atoms with Crippen LogP contribution in [0.2, 0.25) is 0 Å². The minimum Gasteiger partial charge on any atom is -0.463 e. The highest BCUT2D eigenvalue weighted by Gasteiger charge is 2.11. The number of aromatic amines is 1. The van der Waals surface area contributed by atoms with Gasteiger partial charge in [-0.1, -0.05) is 26.0 Å². The molecule has 0 unspecified atom stereocenters. The molecule has 0 aliphatic carbocycles. The Balaban J connectivity index is 1.92. The van der Waals surface area contributed by atoms with Crippen molar-refractivity contribution in [2.24, 2.45) is 0 Å². The SMILES string of the molecule is C=C(CNC(=O)Nc1nc2ccc(CCCC)cc2[nH]1)C(=O)OCC. The van der Waals surface area contributed by atoms with E-state index in [2.05, 4.69) is 34.1 Å². The summed E-state index contributed by atoms with van der Waals surface area (Å²) in [7, 11) is 0. The highest BCUT2D eigenvalue weighted by molar-refractivity contribution is 5.92. The molecule has 0 bridgehead atoms. The van der Waals surface area contributed by atoms with Crippen molar-refractivity contribution in [3.63, 3.8) is 0 Å². The minimum absolute atomic E-state index is 0.00601. The van der Waals surface area contributed by atoms with E-state index in [1.807, 2.05) is 18.2 Å². The Morgan fingerprint density at radius 2 is 2.12 bits per heavy atom. The number of H-pyrrole nitrogens is 1. The predicted molar refractivity (Wildman–Crippen MR) is 97.5 cm³/mol. The van der Waals surface area contributed by atoms with Crippen LogP contribution in [0.25, 0.3) is 11.0 Å². The summed E-state index contributed by atoms with van der Waals surface area (Å²) in [6.45, 7) is 7.72. The molecule has 1 heterocycles. The first-order valence-corrected chi connectivity index (χ1v) is 8.41. The number of aryl methyl sites for hydroxylation is 1. The molecule has 1 aromatic carbocycles. The summed E-state index contributed by atoms with van der Waals surface area (Å²) in [5.74, 6) is -0.173. The van der Waals surface area contributed by atoms with Crippen molar-refractivity contribution in [2.45, 2.75) is 33.1 Å². The van der Waals surface area contributed by atoms with E-state index in [0.29, 0.717) is 5.95 Å². The van der Waals surface area contributed by atoms with Crippen molar-refractivity contribution in [2.75, 3.05) is 18.5 Å². The van der Waals surface area contributed by atoms with E-state index < -0.39 is 12.0 Å². The lowest BCUT2D eigenvalue weighted by molar-refractivity contribution is -0.138. The third-order valence-electron chi connectivity index (χ3n) is 3.62. The van der Waals surface area contributed by atoms with Crippen molar-refractivity contribution in [1.29, 1.82) is 0 Å². The molecule has 0 radical (unpaired) electrons. The lowest BCUT2D eigenvalue weighted by atomic mass is 10.1. The lowest BCUT2D eigenvalue weighted by Gasteiger charge is -2.07. The van der Waals surface area contributed by atoms with E-state index in [0.717, 1.165) is 30.3 Å². The molecule has 0 saturated heterocycles. The molecule has 2 rings (SSSR count). The number of carbonyl (C=O) groups is 2. The number of nitrogens with zero attached hydrogens (tertiary/aromatic N) is 1. The largest absolute Gasteiger partial charge is 0.463 e. The number of urea groups is 1. The fraction of sp³-hybridized carbons (Fsp3) is 0.389. The van der Waals surface area contributed by atoms with Crippen LogP contribution >= 0.6 is 0 Å². The quantitative estimate of drug-likeness (QED) is 0.506. The first-order chi connectivity index (χ1) is 12.0. The molecule has 0 spiro atoms. The number of amides is 2. The number of ether oxygens (including phenoxy) is 1. The van der Waals surface area contributed by atoms with E-state index in [-0.39, 0.29) is 18.7 Å². The third kappa shape index (κ3) is 5.34. The molecular formula is C18H24N4O3. The van der Waals surface area contributed by atoms with Gasteiger partial charge in [-0.2, -0.15) is 0 Å². The number of hydrogen-bond donors (Lipinski definition) is 3. The summed E-state index contributed by atoms with van der Waals surface area (Å²) in [5.41, 5.74) is 3.08. The Bertz CT molecular complexity index is 767. The van der Waals surface area contributed by atoms with Gasteiger partial charge < -0.3 is 15.0 Å². The Labute approximate surface area is 146 Å². The molecule has 0 aliphatic rings. The highest BCUT2D eigenvalue weighted by Crippen LogP contribution is 2.17. The van der Waals surface area contributed by atoms with Gasteiger partial charge in [-0.3, -0.25) is 5.32 Å². The molecule has 25 heavy (non-hydrogen) atoms. The topological polar surface area (TPSA) is 96.1 Å². The number of carbonyl (C=O) groups excluding carboxylic acids is 2. The maximum atomic E-state index is 11.9. The van der Waals surface area contributed by atoms with Crippen molar-refractivity contribution < 1.29 is 14.3 Å². The second-order valence-corrected chi connectivity index (χ2v) is 5.67. The van der Waals surface area contributed by atoms with Crippen LogP contribution in [0.4, 0.5) is 10.7 Å². The van der Waals surface area contributed by atoms with Gasteiger partial charge in [0, 0.05) is 5.57 Å². The molecule has 7 heteroatoms. The summed E-state index contributed by atoms with van der Waals surface area (Å²) in [5, 5.41) is 5.15. The van der Waals surface area contributed by atoms with E-state index in [4.69, 9.17) is 4.74 Å². The number of fused-ring (bicyclic) bond motifs is 1. The molecule has 3 N–H and O–H groups in total. The Morgan fingerprint density at radius 1 is 1.32 bits per heavy atom. The number of aromatic nitrogens is 2. The van der Waals surface area contributed by atoms with Gasteiger partial charge in [0.05, 0.1) is 24.2 Å². The summed E-state index contributed by atoms with van der Waals surface area (Å²) in [4.78, 5) is 30.7. The standard InChI is InChI=1S/C18H24N4O3/c1-4-6-7-13-8-9-14-15(10-13)21-17(20-14)22-18(24)19-11-12(3)16(23)25-5-2/h8-10H,3-7,11H2,1-2H3,(H3,19,20,21,22,24). The van der Waals surface area contributed by atoms with Crippen LogP contribution < -0.4 is 10.6 Å².